The molecule has 1 aromatic rings. The predicted molar refractivity (Wildman–Crippen MR) is 94.5 cm³/mol. The molecular formula is C16H22Cl2N2OS. The van der Waals surface area contributed by atoms with Crippen LogP contribution in [0.2, 0.25) is 10.0 Å². The number of hydrogen-bond acceptors (Lipinski definition) is 3. The highest BCUT2D eigenvalue weighted by Gasteiger charge is 2.32. The van der Waals surface area contributed by atoms with Gasteiger partial charge < -0.3 is 5.32 Å². The van der Waals surface area contributed by atoms with Gasteiger partial charge in [0.25, 0.3) is 0 Å². The van der Waals surface area contributed by atoms with E-state index in [2.05, 4.69) is 17.0 Å². The van der Waals surface area contributed by atoms with Gasteiger partial charge in [-0.25, -0.2) is 4.72 Å². The Morgan fingerprint density at radius 1 is 1.23 bits per heavy atom. The fourth-order valence-electron chi connectivity index (χ4n) is 2.53. The quantitative estimate of drug-likeness (QED) is 0.749. The zero-order chi connectivity index (χ0) is 16.3. The van der Waals surface area contributed by atoms with Gasteiger partial charge in [-0.05, 0) is 62.8 Å². The van der Waals surface area contributed by atoms with E-state index in [-0.39, 0.29) is 5.91 Å². The first-order valence-electron chi connectivity index (χ1n) is 7.49. The second-order valence-electron chi connectivity index (χ2n) is 6.42. The first kappa shape index (κ1) is 17.9. The van der Waals surface area contributed by atoms with E-state index in [1.807, 2.05) is 26.0 Å². The Morgan fingerprint density at radius 3 is 2.41 bits per heavy atom. The Hall–Kier alpha value is -0.420. The van der Waals surface area contributed by atoms with Gasteiger partial charge >= 0.3 is 0 Å². The first-order valence-corrected chi connectivity index (χ1v) is 9.06. The van der Waals surface area contributed by atoms with E-state index in [9.17, 15) is 4.79 Å². The van der Waals surface area contributed by atoms with E-state index in [1.165, 1.54) is 24.8 Å². The lowest BCUT2D eigenvalue weighted by atomic mass is 10.0. The Balaban J connectivity index is 1.93. The van der Waals surface area contributed by atoms with Gasteiger partial charge in [0.15, 0.2) is 0 Å². The van der Waals surface area contributed by atoms with E-state index < -0.39 is 5.54 Å². The number of benzene rings is 1. The van der Waals surface area contributed by atoms with E-state index in [0.29, 0.717) is 22.0 Å². The molecule has 1 aliphatic carbocycles. The number of carbonyl (C=O) groups is 1. The molecule has 0 radical (unpaired) electrons. The summed E-state index contributed by atoms with van der Waals surface area (Å²) in [5.41, 5.74) is -0.679. The predicted octanol–water partition coefficient (Wildman–Crippen LogP) is 4.67. The Kier molecular flexibility index (Phi) is 6.06. The normalized spacial score (nSPS) is 21.9. The zero-order valence-corrected chi connectivity index (χ0v) is 15.4. The molecule has 2 unspecified atom stereocenters. The minimum Gasteiger partial charge on any atom is -0.351 e. The van der Waals surface area contributed by atoms with Crippen LogP contribution in [0.3, 0.4) is 0 Å². The number of carbonyl (C=O) groups excluding carboxylic acids is 1. The van der Waals surface area contributed by atoms with Gasteiger partial charge in [0.05, 0.1) is 0 Å². The molecule has 0 saturated heterocycles. The van der Waals surface area contributed by atoms with Crippen LogP contribution in [0, 0.1) is 5.92 Å². The van der Waals surface area contributed by atoms with Gasteiger partial charge in [0, 0.05) is 21.0 Å². The van der Waals surface area contributed by atoms with Crippen molar-refractivity contribution in [2.75, 3.05) is 0 Å². The summed E-state index contributed by atoms with van der Waals surface area (Å²) in [6, 6.07) is 5.61. The minimum atomic E-state index is -0.679. The Bertz CT molecular complexity index is 531. The average molecular weight is 361 g/mol. The summed E-state index contributed by atoms with van der Waals surface area (Å²) < 4.78 is 3.21. The molecule has 2 N–H and O–H groups in total. The van der Waals surface area contributed by atoms with Crippen molar-refractivity contribution in [1.29, 1.82) is 0 Å². The third-order valence-electron chi connectivity index (χ3n) is 4.01. The number of rotatable bonds is 5. The molecule has 0 aliphatic heterocycles. The SMILES string of the molecule is CC1CCCC1NC(=O)C(C)(C)NSc1cc(Cl)cc(Cl)c1. The smallest absolute Gasteiger partial charge is 0.240 e. The fraction of sp³-hybridized carbons (Fsp3) is 0.562. The van der Waals surface area contributed by atoms with E-state index in [0.717, 1.165) is 11.3 Å². The summed E-state index contributed by atoms with van der Waals surface area (Å²) in [6.07, 6.45) is 3.45. The molecule has 1 amide bonds. The van der Waals surface area contributed by atoms with Crippen molar-refractivity contribution >= 4 is 41.1 Å². The van der Waals surface area contributed by atoms with Crippen molar-refractivity contribution in [3.63, 3.8) is 0 Å². The highest BCUT2D eigenvalue weighted by molar-refractivity contribution is 7.97. The van der Waals surface area contributed by atoms with Crippen LogP contribution in [0.15, 0.2) is 23.1 Å². The van der Waals surface area contributed by atoms with Crippen molar-refractivity contribution in [1.82, 2.24) is 10.0 Å². The third kappa shape index (κ3) is 4.79. The number of halogens is 2. The molecule has 2 rings (SSSR count). The third-order valence-corrected chi connectivity index (χ3v) is 5.53. The molecule has 1 fully saturated rings. The maximum Gasteiger partial charge on any atom is 0.240 e. The van der Waals surface area contributed by atoms with Crippen molar-refractivity contribution < 1.29 is 4.79 Å². The largest absolute Gasteiger partial charge is 0.351 e. The lowest BCUT2D eigenvalue weighted by Gasteiger charge is -2.28. The van der Waals surface area contributed by atoms with Crippen LogP contribution in [-0.4, -0.2) is 17.5 Å². The second kappa shape index (κ2) is 7.43. The van der Waals surface area contributed by atoms with Crippen LogP contribution in [0.5, 0.6) is 0 Å². The van der Waals surface area contributed by atoms with Crippen molar-refractivity contribution in [2.24, 2.45) is 5.92 Å². The monoisotopic (exact) mass is 360 g/mol. The summed E-state index contributed by atoms with van der Waals surface area (Å²) in [5.74, 6) is 0.575. The maximum atomic E-state index is 12.5. The van der Waals surface area contributed by atoms with E-state index in [4.69, 9.17) is 23.2 Å². The maximum absolute atomic E-state index is 12.5. The number of hydrogen-bond donors (Lipinski definition) is 2. The molecule has 0 heterocycles. The second-order valence-corrected chi connectivity index (χ2v) is 8.17. The summed E-state index contributed by atoms with van der Waals surface area (Å²) in [6.45, 7) is 5.95. The molecule has 22 heavy (non-hydrogen) atoms. The zero-order valence-electron chi connectivity index (χ0n) is 13.1. The van der Waals surface area contributed by atoms with Crippen LogP contribution in [-0.2, 0) is 4.79 Å². The van der Waals surface area contributed by atoms with Crippen LogP contribution in [0.25, 0.3) is 0 Å². The molecule has 1 saturated carbocycles. The van der Waals surface area contributed by atoms with Gasteiger partial charge in [-0.3, -0.25) is 4.79 Å². The van der Waals surface area contributed by atoms with Crippen LogP contribution >= 0.6 is 35.1 Å². The molecular weight excluding hydrogens is 339 g/mol. The first-order chi connectivity index (χ1) is 10.3. The Morgan fingerprint density at radius 2 is 1.86 bits per heavy atom. The highest BCUT2D eigenvalue weighted by atomic mass is 35.5. The van der Waals surface area contributed by atoms with Gasteiger partial charge in [-0.1, -0.05) is 36.5 Å². The summed E-state index contributed by atoms with van der Waals surface area (Å²) >= 11 is 13.3. The molecule has 1 aromatic carbocycles. The van der Waals surface area contributed by atoms with E-state index in [1.54, 1.807) is 6.07 Å². The minimum absolute atomic E-state index is 0.0203. The lowest BCUT2D eigenvalue weighted by molar-refractivity contribution is -0.126. The Labute approximate surface area is 146 Å². The van der Waals surface area contributed by atoms with Crippen LogP contribution < -0.4 is 10.0 Å². The number of nitrogens with one attached hydrogen (secondary N) is 2. The molecule has 6 heteroatoms. The number of amides is 1. The molecule has 0 bridgehead atoms. The van der Waals surface area contributed by atoms with Gasteiger partial charge in [0.1, 0.15) is 5.54 Å². The van der Waals surface area contributed by atoms with Crippen molar-refractivity contribution in [2.45, 2.75) is 56.5 Å². The van der Waals surface area contributed by atoms with Gasteiger partial charge in [-0.2, -0.15) is 0 Å². The molecule has 0 spiro atoms. The van der Waals surface area contributed by atoms with Crippen LogP contribution in [0.1, 0.15) is 40.0 Å². The highest BCUT2D eigenvalue weighted by Crippen LogP contribution is 2.28. The lowest BCUT2D eigenvalue weighted by Crippen LogP contribution is -2.53. The molecule has 3 nitrogen and oxygen atoms in total. The standard InChI is InChI=1S/C16H22Cl2N2OS/c1-10-5-4-6-14(10)19-15(21)16(2,3)20-22-13-8-11(17)7-12(18)9-13/h7-10,14,20H,4-6H2,1-3H3,(H,19,21). The summed E-state index contributed by atoms with van der Waals surface area (Å²) in [4.78, 5) is 13.4. The van der Waals surface area contributed by atoms with Crippen molar-refractivity contribution in [3.8, 4) is 0 Å². The summed E-state index contributed by atoms with van der Waals surface area (Å²) in [7, 11) is 0. The fourth-order valence-corrected chi connectivity index (χ4v) is 4.02. The van der Waals surface area contributed by atoms with Crippen LogP contribution in [0.4, 0.5) is 0 Å². The van der Waals surface area contributed by atoms with E-state index >= 15 is 0 Å². The van der Waals surface area contributed by atoms with Crippen molar-refractivity contribution in [3.05, 3.63) is 28.2 Å². The van der Waals surface area contributed by atoms with Gasteiger partial charge in [-0.15, -0.1) is 0 Å². The molecule has 2 atom stereocenters. The molecule has 122 valence electrons. The summed E-state index contributed by atoms with van der Waals surface area (Å²) in [5, 5.41) is 4.33. The topological polar surface area (TPSA) is 41.1 Å². The average Bonchev–Trinajstić information content (AvgIpc) is 2.81. The van der Waals surface area contributed by atoms with Gasteiger partial charge in [0.2, 0.25) is 5.91 Å². The molecule has 0 aromatic heterocycles. The molecule has 1 aliphatic rings.